The average Bonchev–Trinajstić information content (AvgIpc) is 2.79. The second-order valence-corrected chi connectivity index (χ2v) is 3.94. The molecular formula is C13H13N3O3. The summed E-state index contributed by atoms with van der Waals surface area (Å²) in [7, 11) is 0. The van der Waals surface area contributed by atoms with E-state index in [4.69, 9.17) is 9.63 Å². The van der Waals surface area contributed by atoms with Crippen LogP contribution in [0.5, 0.6) is 0 Å². The molecule has 1 heterocycles. The normalized spacial score (nSPS) is 11.4. The molecule has 2 N–H and O–H groups in total. The molecule has 0 aliphatic carbocycles. The number of rotatable bonds is 4. The molecule has 2 rings (SSSR count). The number of nitrogens with zero attached hydrogens (tertiary/aromatic N) is 2. The number of para-hydroxylation sites is 1. The van der Waals surface area contributed by atoms with Crippen LogP contribution in [-0.2, 0) is 0 Å². The monoisotopic (exact) mass is 259 g/mol. The van der Waals surface area contributed by atoms with Crippen molar-refractivity contribution in [1.82, 2.24) is 5.16 Å². The minimum absolute atomic E-state index is 0.131. The molecule has 98 valence electrons. The lowest BCUT2D eigenvalue weighted by Crippen LogP contribution is -2.08. The summed E-state index contributed by atoms with van der Waals surface area (Å²) in [6.45, 7) is 3.35. The zero-order chi connectivity index (χ0) is 13.8. The van der Waals surface area contributed by atoms with Gasteiger partial charge < -0.3 is 9.63 Å². The van der Waals surface area contributed by atoms with Gasteiger partial charge in [-0.1, -0.05) is 23.4 Å². The first-order valence-electron chi connectivity index (χ1n) is 5.65. The lowest BCUT2D eigenvalue weighted by atomic mass is 10.1. The van der Waals surface area contributed by atoms with E-state index in [1.165, 1.54) is 0 Å². The molecule has 0 atom stereocenters. The molecule has 1 aromatic carbocycles. The molecule has 6 nitrogen and oxygen atoms in total. The van der Waals surface area contributed by atoms with Crippen LogP contribution in [0.4, 0.5) is 5.69 Å². The van der Waals surface area contributed by atoms with Gasteiger partial charge in [0.05, 0.1) is 17.0 Å². The maximum atomic E-state index is 11.0. The topological polar surface area (TPSA) is 87.7 Å². The van der Waals surface area contributed by atoms with E-state index in [2.05, 4.69) is 15.7 Å². The van der Waals surface area contributed by atoms with E-state index in [-0.39, 0.29) is 5.69 Å². The zero-order valence-corrected chi connectivity index (χ0v) is 10.5. The van der Waals surface area contributed by atoms with E-state index in [1.54, 1.807) is 13.8 Å². The first-order valence-corrected chi connectivity index (χ1v) is 5.65. The van der Waals surface area contributed by atoms with Crippen molar-refractivity contribution in [3.05, 3.63) is 47.3 Å². The minimum atomic E-state index is -1.14. The van der Waals surface area contributed by atoms with Gasteiger partial charge in [-0.25, -0.2) is 4.79 Å². The van der Waals surface area contributed by atoms with E-state index in [9.17, 15) is 4.79 Å². The number of aromatic nitrogens is 1. The number of hydrogen-bond acceptors (Lipinski definition) is 5. The summed E-state index contributed by atoms with van der Waals surface area (Å²) in [5.41, 5.74) is 4.43. The van der Waals surface area contributed by atoms with Gasteiger partial charge in [0.2, 0.25) is 5.69 Å². The summed E-state index contributed by atoms with van der Waals surface area (Å²) in [4.78, 5) is 11.0. The number of hydrazone groups is 1. The maximum absolute atomic E-state index is 11.0. The van der Waals surface area contributed by atoms with E-state index in [0.717, 1.165) is 5.69 Å². The lowest BCUT2D eigenvalue weighted by molar-refractivity contribution is 0.0685. The molecular weight excluding hydrogens is 246 g/mol. The van der Waals surface area contributed by atoms with Crippen molar-refractivity contribution in [1.29, 1.82) is 0 Å². The van der Waals surface area contributed by atoms with Crippen LogP contribution in [0.3, 0.4) is 0 Å². The van der Waals surface area contributed by atoms with Gasteiger partial charge in [0.25, 0.3) is 0 Å². The molecule has 1 aromatic heterocycles. The molecule has 0 radical (unpaired) electrons. The van der Waals surface area contributed by atoms with Crippen LogP contribution in [0.25, 0.3) is 0 Å². The summed E-state index contributed by atoms with van der Waals surface area (Å²) >= 11 is 0. The number of aromatic carboxylic acids is 1. The van der Waals surface area contributed by atoms with Gasteiger partial charge in [-0.3, -0.25) is 5.43 Å². The molecule has 0 aliphatic heterocycles. The first-order chi connectivity index (χ1) is 9.09. The molecule has 0 amide bonds. The average molecular weight is 259 g/mol. The molecule has 0 aliphatic rings. The second kappa shape index (κ2) is 5.34. The fourth-order valence-corrected chi connectivity index (χ4v) is 1.66. The Labute approximate surface area is 109 Å². The third kappa shape index (κ3) is 2.79. The van der Waals surface area contributed by atoms with Crippen molar-refractivity contribution in [2.75, 3.05) is 5.43 Å². The molecule has 2 aromatic rings. The van der Waals surface area contributed by atoms with Crippen molar-refractivity contribution in [2.45, 2.75) is 13.8 Å². The highest BCUT2D eigenvalue weighted by Gasteiger charge is 2.21. The largest absolute Gasteiger partial charge is 0.476 e. The summed E-state index contributed by atoms with van der Waals surface area (Å²) in [6.07, 6.45) is 0. The Morgan fingerprint density at radius 1 is 1.37 bits per heavy atom. The summed E-state index contributed by atoms with van der Waals surface area (Å²) < 4.78 is 4.89. The number of carboxylic acid groups (broad SMARTS) is 1. The third-order valence-corrected chi connectivity index (χ3v) is 2.55. The molecule has 6 heteroatoms. The van der Waals surface area contributed by atoms with Gasteiger partial charge in [0.1, 0.15) is 5.76 Å². The van der Waals surface area contributed by atoms with Gasteiger partial charge >= 0.3 is 5.97 Å². The Balaban J connectivity index is 2.27. The van der Waals surface area contributed by atoms with Crippen LogP contribution in [0.15, 0.2) is 40.0 Å². The predicted molar refractivity (Wildman–Crippen MR) is 70.5 cm³/mol. The fourth-order valence-electron chi connectivity index (χ4n) is 1.66. The van der Waals surface area contributed by atoms with Crippen LogP contribution in [0, 0.1) is 6.92 Å². The Morgan fingerprint density at radius 2 is 2.05 bits per heavy atom. The molecule has 0 saturated heterocycles. The molecule has 0 spiro atoms. The molecule has 0 saturated carbocycles. The van der Waals surface area contributed by atoms with Crippen molar-refractivity contribution < 1.29 is 14.4 Å². The van der Waals surface area contributed by atoms with E-state index in [0.29, 0.717) is 17.0 Å². The van der Waals surface area contributed by atoms with Crippen molar-refractivity contribution >= 4 is 17.4 Å². The number of carbonyl (C=O) groups is 1. The van der Waals surface area contributed by atoms with E-state index in [1.807, 2.05) is 30.3 Å². The lowest BCUT2D eigenvalue weighted by Gasteiger charge is -2.02. The maximum Gasteiger partial charge on any atom is 0.358 e. The van der Waals surface area contributed by atoms with Gasteiger partial charge in [-0.2, -0.15) is 5.10 Å². The predicted octanol–water partition coefficient (Wildman–Crippen LogP) is 2.52. The van der Waals surface area contributed by atoms with Crippen LogP contribution in [0.2, 0.25) is 0 Å². The van der Waals surface area contributed by atoms with Crippen LogP contribution in [0.1, 0.15) is 28.7 Å². The smallest absolute Gasteiger partial charge is 0.358 e. The van der Waals surface area contributed by atoms with Gasteiger partial charge in [0, 0.05) is 0 Å². The number of nitrogens with one attached hydrogen (secondary N) is 1. The number of anilines is 1. The molecule has 0 fully saturated rings. The standard InChI is InChI=1S/C13H13N3O3/c1-8(14-15-10-6-4-3-5-7-10)11-9(2)19-16-12(11)13(17)18/h3-7,15H,1-2H3,(H,17,18)/b14-8+. The fraction of sp³-hybridized carbons (Fsp3) is 0.154. The Bertz CT molecular complexity index is 617. The summed E-state index contributed by atoms with van der Waals surface area (Å²) in [6, 6.07) is 9.36. The van der Waals surface area contributed by atoms with Crippen molar-refractivity contribution in [2.24, 2.45) is 5.10 Å². The summed E-state index contributed by atoms with van der Waals surface area (Å²) in [5.74, 6) is -0.713. The van der Waals surface area contributed by atoms with Crippen molar-refractivity contribution in [3.8, 4) is 0 Å². The Morgan fingerprint density at radius 3 is 2.68 bits per heavy atom. The number of aryl methyl sites for hydroxylation is 1. The van der Waals surface area contributed by atoms with Crippen molar-refractivity contribution in [3.63, 3.8) is 0 Å². The zero-order valence-electron chi connectivity index (χ0n) is 10.5. The Kier molecular flexibility index (Phi) is 3.61. The van der Waals surface area contributed by atoms with E-state index < -0.39 is 5.97 Å². The number of benzene rings is 1. The minimum Gasteiger partial charge on any atom is -0.476 e. The first kappa shape index (κ1) is 12.8. The number of hydrogen-bond donors (Lipinski definition) is 2. The number of carboxylic acids is 1. The summed E-state index contributed by atoms with van der Waals surface area (Å²) in [5, 5.41) is 16.7. The highest BCUT2D eigenvalue weighted by Crippen LogP contribution is 2.15. The molecule has 19 heavy (non-hydrogen) atoms. The molecule has 0 unspecified atom stereocenters. The van der Waals surface area contributed by atoms with Crippen LogP contribution >= 0.6 is 0 Å². The highest BCUT2D eigenvalue weighted by atomic mass is 16.5. The van der Waals surface area contributed by atoms with Gasteiger partial charge in [-0.15, -0.1) is 0 Å². The second-order valence-electron chi connectivity index (χ2n) is 3.94. The molecule has 0 bridgehead atoms. The highest BCUT2D eigenvalue weighted by molar-refractivity contribution is 6.07. The van der Waals surface area contributed by atoms with E-state index >= 15 is 0 Å². The third-order valence-electron chi connectivity index (χ3n) is 2.55. The Hall–Kier alpha value is -2.63. The van der Waals surface area contributed by atoms with Crippen LogP contribution < -0.4 is 5.43 Å². The quantitative estimate of drug-likeness (QED) is 0.650. The van der Waals surface area contributed by atoms with Gasteiger partial charge in [-0.05, 0) is 26.0 Å². The SMILES string of the molecule is C/C(=N\Nc1ccccc1)c1c(C(=O)O)noc1C. The van der Waals surface area contributed by atoms with Crippen LogP contribution in [-0.4, -0.2) is 21.9 Å². The van der Waals surface area contributed by atoms with Gasteiger partial charge in [0.15, 0.2) is 0 Å².